The predicted molar refractivity (Wildman–Crippen MR) is 94.9 cm³/mol. The van der Waals surface area contributed by atoms with Gasteiger partial charge in [-0.2, -0.15) is 0 Å². The van der Waals surface area contributed by atoms with Crippen LogP contribution in [-0.2, 0) is 9.59 Å². The topological polar surface area (TPSA) is 49.4 Å². The number of benzene rings is 2. The van der Waals surface area contributed by atoms with E-state index < -0.39 is 0 Å². The van der Waals surface area contributed by atoms with Crippen molar-refractivity contribution in [2.75, 3.05) is 4.90 Å². The first kappa shape index (κ1) is 15.3. The van der Waals surface area contributed by atoms with Gasteiger partial charge in [-0.25, -0.2) is 4.90 Å². The van der Waals surface area contributed by atoms with E-state index in [1.54, 1.807) is 0 Å². The van der Waals surface area contributed by atoms with Crippen LogP contribution in [0.1, 0.15) is 38.5 Å². The summed E-state index contributed by atoms with van der Waals surface area (Å²) in [6.07, 6.45) is 6.16. The van der Waals surface area contributed by atoms with Gasteiger partial charge in [0.25, 0.3) is 5.91 Å². The number of hydrogen-bond acceptors (Lipinski definition) is 3. The van der Waals surface area contributed by atoms with Gasteiger partial charge in [0.15, 0.2) is 0 Å². The van der Waals surface area contributed by atoms with Gasteiger partial charge in [-0.15, -0.1) is 0 Å². The minimum absolute atomic E-state index is 0.107. The monoisotopic (exact) mass is 322 g/mol. The number of rotatable bonds is 3. The molecule has 1 aliphatic heterocycles. The van der Waals surface area contributed by atoms with Crippen molar-refractivity contribution < 1.29 is 9.59 Å². The lowest BCUT2D eigenvalue weighted by Crippen LogP contribution is -2.44. The summed E-state index contributed by atoms with van der Waals surface area (Å²) in [4.78, 5) is 26.8. The number of hydrogen-bond donors (Lipinski definition) is 1. The first-order valence-electron chi connectivity index (χ1n) is 8.84. The van der Waals surface area contributed by atoms with E-state index in [0.717, 1.165) is 23.6 Å². The number of carbonyl (C=O) groups is 2. The molecule has 24 heavy (non-hydrogen) atoms. The molecule has 2 fully saturated rings. The molecular formula is C20H22N2O2. The molecule has 1 saturated carbocycles. The standard InChI is InChI=1S/C20H22N2O2/c23-19-13-17(21-15-9-2-1-3-10-15)20(24)22(19)18-12-6-8-14-7-4-5-11-16(14)18/h4-8,11-12,15,17,21H,1-3,9-10,13H2/t17-/m0/s1. The number of nitrogens with zero attached hydrogens (tertiary/aromatic N) is 1. The Morgan fingerprint density at radius 1 is 0.917 bits per heavy atom. The summed E-state index contributed by atoms with van der Waals surface area (Å²) in [6, 6.07) is 13.6. The van der Waals surface area contributed by atoms with Crippen molar-refractivity contribution in [3.63, 3.8) is 0 Å². The summed E-state index contributed by atoms with van der Waals surface area (Å²) < 4.78 is 0. The highest BCUT2D eigenvalue weighted by molar-refractivity contribution is 6.25. The van der Waals surface area contributed by atoms with Gasteiger partial charge in [0.2, 0.25) is 5.91 Å². The SMILES string of the molecule is O=C1C[C@H](NC2CCCCC2)C(=O)N1c1cccc2ccccc12. The van der Waals surface area contributed by atoms with E-state index in [4.69, 9.17) is 0 Å². The molecule has 0 aromatic heterocycles. The fourth-order valence-electron chi connectivity index (χ4n) is 3.97. The third-order valence-corrected chi connectivity index (χ3v) is 5.20. The van der Waals surface area contributed by atoms with Gasteiger partial charge in [0, 0.05) is 11.4 Å². The Bertz CT molecular complexity index is 775. The Hall–Kier alpha value is -2.20. The third kappa shape index (κ3) is 2.71. The highest BCUT2D eigenvalue weighted by Crippen LogP contribution is 2.31. The fraction of sp³-hybridized carbons (Fsp3) is 0.400. The minimum atomic E-state index is -0.375. The highest BCUT2D eigenvalue weighted by Gasteiger charge is 2.40. The summed E-state index contributed by atoms with van der Waals surface area (Å²) in [6.45, 7) is 0. The Kier molecular flexibility index (Phi) is 4.07. The van der Waals surface area contributed by atoms with E-state index in [0.29, 0.717) is 11.7 Å². The van der Waals surface area contributed by atoms with Crippen LogP contribution in [0, 0.1) is 0 Å². The molecule has 1 saturated heterocycles. The van der Waals surface area contributed by atoms with Crippen LogP contribution in [0.3, 0.4) is 0 Å². The largest absolute Gasteiger partial charge is 0.303 e. The number of anilines is 1. The quantitative estimate of drug-likeness (QED) is 0.881. The Morgan fingerprint density at radius 2 is 1.67 bits per heavy atom. The first-order valence-corrected chi connectivity index (χ1v) is 8.84. The van der Waals surface area contributed by atoms with E-state index in [1.165, 1.54) is 24.2 Å². The van der Waals surface area contributed by atoms with Gasteiger partial charge in [0.05, 0.1) is 18.2 Å². The fourth-order valence-corrected chi connectivity index (χ4v) is 3.97. The van der Waals surface area contributed by atoms with Crippen molar-refractivity contribution in [2.24, 2.45) is 0 Å². The Morgan fingerprint density at radius 3 is 2.50 bits per heavy atom. The summed E-state index contributed by atoms with van der Waals surface area (Å²) >= 11 is 0. The molecule has 0 unspecified atom stereocenters. The molecule has 2 aromatic rings. The molecule has 1 aliphatic carbocycles. The summed E-state index contributed by atoms with van der Waals surface area (Å²) in [5, 5.41) is 5.42. The van der Waals surface area contributed by atoms with Gasteiger partial charge < -0.3 is 5.32 Å². The molecule has 1 N–H and O–H groups in total. The Balaban J connectivity index is 1.61. The number of carbonyl (C=O) groups excluding carboxylic acids is 2. The maximum atomic E-state index is 12.9. The van der Waals surface area contributed by atoms with Gasteiger partial charge in [0.1, 0.15) is 0 Å². The van der Waals surface area contributed by atoms with Gasteiger partial charge in [-0.3, -0.25) is 9.59 Å². The van der Waals surface area contributed by atoms with Gasteiger partial charge >= 0.3 is 0 Å². The van der Waals surface area contributed by atoms with Crippen LogP contribution < -0.4 is 10.2 Å². The second-order valence-corrected chi connectivity index (χ2v) is 6.82. The molecule has 1 heterocycles. The molecular weight excluding hydrogens is 300 g/mol. The van der Waals surface area contributed by atoms with Crippen LogP contribution in [0.4, 0.5) is 5.69 Å². The third-order valence-electron chi connectivity index (χ3n) is 5.20. The molecule has 0 spiro atoms. The molecule has 4 rings (SSSR count). The second kappa shape index (κ2) is 6.36. The predicted octanol–water partition coefficient (Wildman–Crippen LogP) is 3.39. The molecule has 0 bridgehead atoms. The molecule has 2 amide bonds. The number of amides is 2. The Labute approximate surface area is 141 Å². The lowest BCUT2D eigenvalue weighted by Gasteiger charge is -2.25. The highest BCUT2D eigenvalue weighted by atomic mass is 16.2. The van der Waals surface area contributed by atoms with Crippen LogP contribution in [0.2, 0.25) is 0 Å². The van der Waals surface area contributed by atoms with E-state index in [-0.39, 0.29) is 24.3 Å². The van der Waals surface area contributed by atoms with Gasteiger partial charge in [-0.05, 0) is 24.3 Å². The molecule has 1 atom stereocenters. The first-order chi connectivity index (χ1) is 11.7. The van der Waals surface area contributed by atoms with E-state index in [1.807, 2.05) is 42.5 Å². The second-order valence-electron chi connectivity index (χ2n) is 6.82. The van der Waals surface area contributed by atoms with Crippen LogP contribution in [-0.4, -0.2) is 23.9 Å². The molecule has 0 radical (unpaired) electrons. The van der Waals surface area contributed by atoms with Crippen molar-refractivity contribution in [1.82, 2.24) is 5.32 Å². The van der Waals surface area contributed by atoms with Crippen molar-refractivity contribution in [3.8, 4) is 0 Å². The summed E-state index contributed by atoms with van der Waals surface area (Å²) in [7, 11) is 0. The van der Waals surface area contributed by atoms with Crippen molar-refractivity contribution in [1.29, 1.82) is 0 Å². The lowest BCUT2D eigenvalue weighted by molar-refractivity contribution is -0.121. The smallest absolute Gasteiger partial charge is 0.251 e. The zero-order valence-corrected chi connectivity index (χ0v) is 13.7. The zero-order chi connectivity index (χ0) is 16.5. The van der Waals surface area contributed by atoms with E-state index >= 15 is 0 Å². The van der Waals surface area contributed by atoms with E-state index in [2.05, 4.69) is 5.32 Å². The minimum Gasteiger partial charge on any atom is -0.303 e. The van der Waals surface area contributed by atoms with Crippen LogP contribution in [0.25, 0.3) is 10.8 Å². The van der Waals surface area contributed by atoms with Crippen LogP contribution in [0.5, 0.6) is 0 Å². The van der Waals surface area contributed by atoms with Gasteiger partial charge in [-0.1, -0.05) is 55.7 Å². The summed E-state index contributed by atoms with van der Waals surface area (Å²) in [5.41, 5.74) is 0.705. The molecule has 4 nitrogen and oxygen atoms in total. The maximum absolute atomic E-state index is 12.9. The zero-order valence-electron chi connectivity index (χ0n) is 13.7. The van der Waals surface area contributed by atoms with Crippen LogP contribution >= 0.6 is 0 Å². The normalized spacial score (nSPS) is 22.5. The maximum Gasteiger partial charge on any atom is 0.251 e. The van der Waals surface area contributed by atoms with Crippen molar-refractivity contribution in [2.45, 2.75) is 50.6 Å². The molecule has 124 valence electrons. The molecule has 4 heteroatoms. The average Bonchev–Trinajstić information content (AvgIpc) is 2.89. The molecule has 2 aliphatic rings. The van der Waals surface area contributed by atoms with Crippen molar-refractivity contribution >= 4 is 28.3 Å². The lowest BCUT2D eigenvalue weighted by atomic mass is 9.95. The number of fused-ring (bicyclic) bond motifs is 1. The number of imide groups is 1. The number of nitrogens with one attached hydrogen (secondary N) is 1. The average molecular weight is 322 g/mol. The molecule has 2 aromatic carbocycles. The van der Waals surface area contributed by atoms with Crippen LogP contribution in [0.15, 0.2) is 42.5 Å². The van der Waals surface area contributed by atoms with E-state index in [9.17, 15) is 9.59 Å². The van der Waals surface area contributed by atoms with Crippen molar-refractivity contribution in [3.05, 3.63) is 42.5 Å². The summed E-state index contributed by atoms with van der Waals surface area (Å²) in [5.74, 6) is -0.216.